The quantitative estimate of drug-likeness (QED) is 0.294. The topological polar surface area (TPSA) is 49.2 Å². The summed E-state index contributed by atoms with van der Waals surface area (Å²) in [6.07, 6.45) is 0. The third-order valence-corrected chi connectivity index (χ3v) is 6.48. The van der Waals surface area contributed by atoms with Crippen molar-refractivity contribution in [2.24, 2.45) is 0 Å². The molecule has 0 aliphatic rings. The minimum Gasteiger partial charge on any atom is -0.497 e. The molecule has 0 aliphatic carbocycles. The summed E-state index contributed by atoms with van der Waals surface area (Å²) in [7, 11) is 3.36. The summed E-state index contributed by atoms with van der Waals surface area (Å²) in [5.74, 6) is 3.24. The number of hydrogen-bond donors (Lipinski definition) is 0. The minimum absolute atomic E-state index is 0.0972. The Morgan fingerprint density at radius 1 is 0.818 bits per heavy atom. The predicted molar refractivity (Wildman–Crippen MR) is 135 cm³/mol. The van der Waals surface area contributed by atoms with Crippen molar-refractivity contribution in [1.82, 2.24) is 14.8 Å². The summed E-state index contributed by atoms with van der Waals surface area (Å²) >= 11 is 1.65. The summed E-state index contributed by atoms with van der Waals surface area (Å²) in [5.41, 5.74) is 4.57. The highest BCUT2D eigenvalue weighted by Gasteiger charge is 2.18. The van der Waals surface area contributed by atoms with Gasteiger partial charge in [0, 0.05) is 17.0 Å². The van der Waals surface area contributed by atoms with Crippen molar-refractivity contribution in [2.45, 2.75) is 37.1 Å². The van der Waals surface area contributed by atoms with Crippen molar-refractivity contribution in [2.75, 3.05) is 14.2 Å². The van der Waals surface area contributed by atoms with Crippen LogP contribution in [0, 0.1) is 0 Å². The molecule has 0 saturated heterocycles. The van der Waals surface area contributed by atoms with Gasteiger partial charge in [-0.25, -0.2) is 0 Å². The van der Waals surface area contributed by atoms with Gasteiger partial charge in [0.1, 0.15) is 11.5 Å². The van der Waals surface area contributed by atoms with Gasteiger partial charge >= 0.3 is 0 Å². The van der Waals surface area contributed by atoms with Crippen LogP contribution in [0.3, 0.4) is 0 Å². The third kappa shape index (κ3) is 5.22. The number of thioether (sulfide) groups is 1. The van der Waals surface area contributed by atoms with Crippen molar-refractivity contribution >= 4 is 11.8 Å². The van der Waals surface area contributed by atoms with Crippen LogP contribution in [-0.4, -0.2) is 29.0 Å². The Labute approximate surface area is 199 Å². The van der Waals surface area contributed by atoms with Gasteiger partial charge in [0.2, 0.25) is 0 Å². The van der Waals surface area contributed by atoms with Gasteiger partial charge in [-0.1, -0.05) is 68.9 Å². The van der Waals surface area contributed by atoms with Crippen LogP contribution in [0.1, 0.15) is 31.9 Å². The molecular formula is C27H29N3O2S. The lowest BCUT2D eigenvalue weighted by Gasteiger charge is -2.19. The lowest BCUT2D eigenvalue weighted by atomic mass is 9.87. The highest BCUT2D eigenvalue weighted by Crippen LogP contribution is 2.32. The van der Waals surface area contributed by atoms with E-state index in [1.54, 1.807) is 26.0 Å². The zero-order valence-electron chi connectivity index (χ0n) is 19.7. The third-order valence-electron chi connectivity index (χ3n) is 5.48. The molecule has 0 spiro atoms. The van der Waals surface area contributed by atoms with Gasteiger partial charge in [0.05, 0.1) is 14.2 Å². The second kappa shape index (κ2) is 9.71. The van der Waals surface area contributed by atoms with Crippen molar-refractivity contribution < 1.29 is 9.47 Å². The molecule has 4 rings (SSSR count). The second-order valence-corrected chi connectivity index (χ2v) is 9.75. The maximum atomic E-state index is 5.36. The van der Waals surface area contributed by atoms with E-state index in [1.165, 1.54) is 11.1 Å². The second-order valence-electron chi connectivity index (χ2n) is 8.81. The van der Waals surface area contributed by atoms with Crippen LogP contribution in [0.5, 0.6) is 11.5 Å². The molecule has 5 nitrogen and oxygen atoms in total. The molecule has 0 fully saturated rings. The molecule has 33 heavy (non-hydrogen) atoms. The Hall–Kier alpha value is -3.25. The van der Waals surface area contributed by atoms with Crippen LogP contribution in [0.2, 0.25) is 0 Å². The number of ether oxygens (including phenoxy) is 2. The van der Waals surface area contributed by atoms with Gasteiger partial charge in [0.15, 0.2) is 11.0 Å². The zero-order valence-corrected chi connectivity index (χ0v) is 20.5. The van der Waals surface area contributed by atoms with Gasteiger partial charge in [-0.2, -0.15) is 0 Å². The Balaban J connectivity index is 1.71. The molecule has 0 radical (unpaired) electrons. The van der Waals surface area contributed by atoms with Crippen LogP contribution < -0.4 is 9.47 Å². The number of rotatable bonds is 7. The first-order chi connectivity index (χ1) is 15.9. The summed E-state index contributed by atoms with van der Waals surface area (Å²) < 4.78 is 12.8. The summed E-state index contributed by atoms with van der Waals surface area (Å²) in [6, 6.07) is 24.7. The summed E-state index contributed by atoms with van der Waals surface area (Å²) in [4.78, 5) is 0. The van der Waals surface area contributed by atoms with Gasteiger partial charge in [0.25, 0.3) is 0 Å². The van der Waals surface area contributed by atoms with E-state index >= 15 is 0 Å². The fraction of sp³-hybridized carbons (Fsp3) is 0.259. The van der Waals surface area contributed by atoms with Crippen molar-refractivity contribution in [1.29, 1.82) is 0 Å². The maximum absolute atomic E-state index is 5.36. The van der Waals surface area contributed by atoms with E-state index in [0.29, 0.717) is 0 Å². The Kier molecular flexibility index (Phi) is 6.75. The van der Waals surface area contributed by atoms with Gasteiger partial charge in [-0.05, 0) is 52.9 Å². The van der Waals surface area contributed by atoms with E-state index in [2.05, 4.69) is 65.9 Å². The van der Waals surface area contributed by atoms with Crippen LogP contribution in [0.4, 0.5) is 0 Å². The molecule has 0 amide bonds. The molecule has 0 saturated carbocycles. The van der Waals surface area contributed by atoms with Crippen LogP contribution in [0.15, 0.2) is 78.0 Å². The first-order valence-corrected chi connectivity index (χ1v) is 11.8. The first kappa shape index (κ1) is 22.9. The molecule has 0 atom stereocenters. The number of methoxy groups -OCH3 is 2. The summed E-state index contributed by atoms with van der Waals surface area (Å²) in [5, 5.41) is 9.96. The van der Waals surface area contributed by atoms with E-state index in [0.717, 1.165) is 39.5 Å². The average Bonchev–Trinajstić information content (AvgIpc) is 3.26. The minimum atomic E-state index is 0.0972. The number of aromatic nitrogens is 3. The lowest BCUT2D eigenvalue weighted by Crippen LogP contribution is -2.10. The van der Waals surface area contributed by atoms with Crippen molar-refractivity contribution in [3.05, 3.63) is 83.9 Å². The number of nitrogens with zero attached hydrogens (tertiary/aromatic N) is 3. The van der Waals surface area contributed by atoms with Gasteiger partial charge in [-0.3, -0.25) is 4.57 Å². The fourth-order valence-corrected chi connectivity index (χ4v) is 4.44. The van der Waals surface area contributed by atoms with E-state index in [-0.39, 0.29) is 5.41 Å². The summed E-state index contributed by atoms with van der Waals surface area (Å²) in [6.45, 7) is 6.65. The zero-order chi connectivity index (χ0) is 23.4. The smallest absolute Gasteiger partial charge is 0.196 e. The molecule has 0 bridgehead atoms. The fourth-order valence-electron chi connectivity index (χ4n) is 3.54. The van der Waals surface area contributed by atoms with Crippen LogP contribution in [0.25, 0.3) is 17.1 Å². The Morgan fingerprint density at radius 2 is 1.52 bits per heavy atom. The van der Waals surface area contributed by atoms with Crippen LogP contribution in [-0.2, 0) is 11.2 Å². The molecule has 1 aromatic heterocycles. The first-order valence-electron chi connectivity index (χ1n) is 10.9. The standard InChI is InChI=1S/C27H29N3O2S/c1-27(2,3)21-11-9-20(10-12-21)25-28-29-26(30(25)22-13-15-23(31-4)16-14-22)33-18-19-7-6-8-24(17-19)32-5/h6-17H,18H2,1-5H3. The molecule has 6 heteroatoms. The van der Waals surface area contributed by atoms with E-state index in [1.807, 2.05) is 42.5 Å². The number of hydrogen-bond acceptors (Lipinski definition) is 5. The lowest BCUT2D eigenvalue weighted by molar-refractivity contribution is 0.414. The van der Waals surface area contributed by atoms with E-state index in [4.69, 9.17) is 9.47 Å². The highest BCUT2D eigenvalue weighted by molar-refractivity contribution is 7.98. The molecule has 0 unspecified atom stereocenters. The Bertz CT molecular complexity index is 1210. The number of benzene rings is 3. The van der Waals surface area contributed by atoms with Gasteiger partial charge in [-0.15, -0.1) is 10.2 Å². The molecule has 3 aromatic carbocycles. The van der Waals surface area contributed by atoms with Crippen molar-refractivity contribution in [3.63, 3.8) is 0 Å². The molecule has 4 aromatic rings. The van der Waals surface area contributed by atoms with Crippen molar-refractivity contribution in [3.8, 4) is 28.6 Å². The molecule has 0 N–H and O–H groups in total. The normalized spacial score (nSPS) is 11.4. The predicted octanol–water partition coefficient (Wildman–Crippen LogP) is 6.54. The average molecular weight is 460 g/mol. The SMILES string of the molecule is COc1ccc(-n2c(SCc3cccc(OC)c3)nnc2-c2ccc(C(C)(C)C)cc2)cc1. The van der Waals surface area contributed by atoms with Crippen LogP contribution >= 0.6 is 11.8 Å². The van der Waals surface area contributed by atoms with E-state index in [9.17, 15) is 0 Å². The molecule has 170 valence electrons. The molecular weight excluding hydrogens is 430 g/mol. The molecule has 0 aliphatic heterocycles. The van der Waals surface area contributed by atoms with Gasteiger partial charge < -0.3 is 9.47 Å². The monoisotopic (exact) mass is 459 g/mol. The molecule has 1 heterocycles. The highest BCUT2D eigenvalue weighted by atomic mass is 32.2. The maximum Gasteiger partial charge on any atom is 0.196 e. The largest absolute Gasteiger partial charge is 0.497 e. The Morgan fingerprint density at radius 3 is 2.15 bits per heavy atom. The van der Waals surface area contributed by atoms with E-state index < -0.39 is 0 Å².